The first-order chi connectivity index (χ1) is 6.63. The van der Waals surface area contributed by atoms with Gasteiger partial charge in [0.25, 0.3) is 0 Å². The van der Waals surface area contributed by atoms with E-state index in [-0.39, 0.29) is 5.97 Å². The molecule has 2 aromatic rings. The zero-order valence-corrected chi connectivity index (χ0v) is 9.95. The second-order valence-corrected chi connectivity index (χ2v) is 4.71. The lowest BCUT2D eigenvalue weighted by atomic mass is 10.4. The molecule has 0 fully saturated rings. The lowest BCUT2D eigenvalue weighted by Gasteiger charge is -1.94. The molecule has 1 N–H and O–H groups in total. The Kier molecular flexibility index (Phi) is 2.32. The number of H-pyrrole nitrogens is 1. The molecular formula is C8H7BrN2O2S. The number of halogens is 1. The Morgan fingerprint density at radius 3 is 2.93 bits per heavy atom. The molecule has 0 aliphatic rings. The largest absolute Gasteiger partial charge is 0.464 e. The Hall–Kier alpha value is -0.880. The van der Waals surface area contributed by atoms with E-state index in [1.54, 1.807) is 0 Å². The molecule has 0 atom stereocenters. The maximum Gasteiger partial charge on any atom is 0.355 e. The van der Waals surface area contributed by atoms with Crippen LogP contribution in [0.25, 0.3) is 10.3 Å². The van der Waals surface area contributed by atoms with Crippen LogP contribution in [-0.2, 0) is 4.74 Å². The summed E-state index contributed by atoms with van der Waals surface area (Å²) in [6, 6.07) is 0. The SMILES string of the molecule is COC(=O)c1[nH]c2sc(C)nc2c1Br. The third-order valence-electron chi connectivity index (χ3n) is 1.79. The summed E-state index contributed by atoms with van der Waals surface area (Å²) >= 11 is 4.83. The van der Waals surface area contributed by atoms with E-state index in [4.69, 9.17) is 0 Å². The van der Waals surface area contributed by atoms with Crippen molar-refractivity contribution >= 4 is 43.6 Å². The molecule has 0 bridgehead atoms. The number of carbonyl (C=O) groups excluding carboxylic acids is 1. The van der Waals surface area contributed by atoms with Gasteiger partial charge in [0.1, 0.15) is 16.0 Å². The number of carbonyl (C=O) groups is 1. The van der Waals surface area contributed by atoms with Crippen molar-refractivity contribution in [3.63, 3.8) is 0 Å². The summed E-state index contributed by atoms with van der Waals surface area (Å²) in [5, 5.41) is 0.961. The number of thiazole rings is 1. The van der Waals surface area contributed by atoms with E-state index in [0.717, 1.165) is 15.4 Å². The highest BCUT2D eigenvalue weighted by molar-refractivity contribution is 9.10. The Morgan fingerprint density at radius 2 is 2.36 bits per heavy atom. The van der Waals surface area contributed by atoms with Crippen LogP contribution in [0.1, 0.15) is 15.5 Å². The Bertz CT molecular complexity index is 503. The fraction of sp³-hybridized carbons (Fsp3) is 0.250. The topological polar surface area (TPSA) is 55.0 Å². The molecule has 0 amide bonds. The number of nitrogens with one attached hydrogen (secondary N) is 1. The normalized spacial score (nSPS) is 10.8. The maximum atomic E-state index is 11.3. The van der Waals surface area contributed by atoms with Gasteiger partial charge in [-0.3, -0.25) is 0 Å². The third-order valence-corrected chi connectivity index (χ3v) is 3.45. The number of hydrogen-bond acceptors (Lipinski definition) is 4. The minimum absolute atomic E-state index is 0.389. The van der Waals surface area contributed by atoms with Crippen molar-refractivity contribution in [3.8, 4) is 0 Å². The van der Waals surface area contributed by atoms with Gasteiger partial charge in [-0.15, -0.1) is 11.3 Å². The second kappa shape index (κ2) is 3.36. The second-order valence-electron chi connectivity index (χ2n) is 2.72. The number of rotatable bonds is 1. The van der Waals surface area contributed by atoms with Crippen LogP contribution in [0.3, 0.4) is 0 Å². The van der Waals surface area contributed by atoms with Gasteiger partial charge >= 0.3 is 5.97 Å². The molecule has 0 aliphatic heterocycles. The molecule has 2 rings (SSSR count). The lowest BCUT2D eigenvalue weighted by Crippen LogP contribution is -2.01. The summed E-state index contributed by atoms with van der Waals surface area (Å²) in [6.45, 7) is 1.92. The molecule has 14 heavy (non-hydrogen) atoms. The number of aromatic nitrogens is 2. The van der Waals surface area contributed by atoms with E-state index >= 15 is 0 Å². The zero-order valence-electron chi connectivity index (χ0n) is 7.55. The Morgan fingerprint density at radius 1 is 1.64 bits per heavy atom. The van der Waals surface area contributed by atoms with Gasteiger partial charge in [0.05, 0.1) is 16.6 Å². The van der Waals surface area contributed by atoms with Crippen molar-refractivity contribution < 1.29 is 9.53 Å². The average Bonchev–Trinajstić information content (AvgIpc) is 2.64. The van der Waals surface area contributed by atoms with Crippen LogP contribution < -0.4 is 0 Å². The van der Waals surface area contributed by atoms with Crippen LogP contribution >= 0.6 is 27.3 Å². The Balaban J connectivity index is 2.64. The first-order valence-corrected chi connectivity index (χ1v) is 5.47. The van der Waals surface area contributed by atoms with E-state index in [0.29, 0.717) is 10.2 Å². The first kappa shape index (κ1) is 9.67. The number of esters is 1. The van der Waals surface area contributed by atoms with Crippen LogP contribution in [0, 0.1) is 6.92 Å². The van der Waals surface area contributed by atoms with Crippen molar-refractivity contribution in [2.75, 3.05) is 7.11 Å². The maximum absolute atomic E-state index is 11.3. The highest BCUT2D eigenvalue weighted by Gasteiger charge is 2.18. The number of aromatic amines is 1. The number of hydrogen-bond donors (Lipinski definition) is 1. The number of methoxy groups -OCH3 is 1. The van der Waals surface area contributed by atoms with Crippen molar-refractivity contribution in [1.29, 1.82) is 0 Å². The number of ether oxygens (including phenoxy) is 1. The first-order valence-electron chi connectivity index (χ1n) is 3.86. The predicted molar refractivity (Wildman–Crippen MR) is 57.7 cm³/mol. The number of aryl methyl sites for hydroxylation is 1. The quantitative estimate of drug-likeness (QED) is 0.813. The smallest absolute Gasteiger partial charge is 0.355 e. The fourth-order valence-electron chi connectivity index (χ4n) is 1.19. The van der Waals surface area contributed by atoms with Gasteiger partial charge in [-0.1, -0.05) is 0 Å². The van der Waals surface area contributed by atoms with Crippen LogP contribution in [0.4, 0.5) is 0 Å². The van der Waals surface area contributed by atoms with E-state index in [9.17, 15) is 4.79 Å². The van der Waals surface area contributed by atoms with Gasteiger partial charge in [0.2, 0.25) is 0 Å². The zero-order chi connectivity index (χ0) is 10.3. The molecule has 74 valence electrons. The highest BCUT2D eigenvalue weighted by Crippen LogP contribution is 2.31. The van der Waals surface area contributed by atoms with Crippen molar-refractivity contribution in [1.82, 2.24) is 9.97 Å². The van der Waals surface area contributed by atoms with E-state index < -0.39 is 0 Å². The Labute approximate surface area is 92.4 Å². The molecule has 6 heteroatoms. The van der Waals surface area contributed by atoms with Gasteiger partial charge in [0.15, 0.2) is 0 Å². The van der Waals surface area contributed by atoms with Gasteiger partial charge < -0.3 is 9.72 Å². The molecule has 0 unspecified atom stereocenters. The van der Waals surface area contributed by atoms with E-state index in [1.165, 1.54) is 18.4 Å². The van der Waals surface area contributed by atoms with Crippen LogP contribution in [-0.4, -0.2) is 23.0 Å². The summed E-state index contributed by atoms with van der Waals surface area (Å²) in [5.41, 5.74) is 1.20. The molecule has 0 saturated carbocycles. The summed E-state index contributed by atoms with van der Waals surface area (Å²) < 4.78 is 5.29. The summed E-state index contributed by atoms with van der Waals surface area (Å²) in [6.07, 6.45) is 0. The molecular weight excluding hydrogens is 268 g/mol. The van der Waals surface area contributed by atoms with Gasteiger partial charge in [-0.05, 0) is 22.9 Å². The lowest BCUT2D eigenvalue weighted by molar-refractivity contribution is 0.0594. The van der Waals surface area contributed by atoms with E-state index in [1.807, 2.05) is 6.92 Å². The third kappa shape index (κ3) is 1.34. The van der Waals surface area contributed by atoms with Gasteiger partial charge in [-0.25, -0.2) is 9.78 Å². The molecule has 0 radical (unpaired) electrons. The standard InChI is InChI=1S/C8H7BrN2O2S/c1-3-10-5-4(9)6(8(12)13-2)11-7(5)14-3/h11H,1-2H3. The monoisotopic (exact) mass is 274 g/mol. The molecule has 0 aromatic carbocycles. The predicted octanol–water partition coefficient (Wildman–Crippen LogP) is 2.48. The van der Waals surface area contributed by atoms with Crippen LogP contribution in [0.2, 0.25) is 0 Å². The van der Waals surface area contributed by atoms with Crippen molar-refractivity contribution in [3.05, 3.63) is 15.2 Å². The van der Waals surface area contributed by atoms with Gasteiger partial charge in [-0.2, -0.15) is 0 Å². The highest BCUT2D eigenvalue weighted by atomic mass is 79.9. The molecule has 4 nitrogen and oxygen atoms in total. The molecule has 0 spiro atoms. The number of fused-ring (bicyclic) bond motifs is 1. The summed E-state index contributed by atoms with van der Waals surface area (Å²) in [5.74, 6) is -0.389. The van der Waals surface area contributed by atoms with Gasteiger partial charge in [0, 0.05) is 0 Å². The van der Waals surface area contributed by atoms with Crippen molar-refractivity contribution in [2.45, 2.75) is 6.92 Å². The number of nitrogens with zero attached hydrogens (tertiary/aromatic N) is 1. The van der Waals surface area contributed by atoms with Crippen LogP contribution in [0.5, 0.6) is 0 Å². The summed E-state index contributed by atoms with van der Waals surface area (Å²) in [4.78, 5) is 19.4. The summed E-state index contributed by atoms with van der Waals surface area (Å²) in [7, 11) is 1.35. The molecule has 0 saturated heterocycles. The van der Waals surface area contributed by atoms with E-state index in [2.05, 4.69) is 30.6 Å². The molecule has 2 aromatic heterocycles. The minimum Gasteiger partial charge on any atom is -0.464 e. The van der Waals surface area contributed by atoms with Crippen LogP contribution in [0.15, 0.2) is 4.47 Å². The molecule has 0 aliphatic carbocycles. The fourth-order valence-corrected chi connectivity index (χ4v) is 2.70. The average molecular weight is 275 g/mol. The molecule has 2 heterocycles. The minimum atomic E-state index is -0.389. The van der Waals surface area contributed by atoms with Crippen molar-refractivity contribution in [2.24, 2.45) is 0 Å².